The number of nitrogens with zero attached hydrogens (tertiary/aromatic N) is 3. The van der Waals surface area contributed by atoms with Crippen LogP contribution in [0.25, 0.3) is 5.57 Å². The maximum atomic E-state index is 15.6. The fourth-order valence-corrected chi connectivity index (χ4v) is 7.14. The number of hydrogen-bond donors (Lipinski definition) is 0. The van der Waals surface area contributed by atoms with Gasteiger partial charge in [0.2, 0.25) is 10.0 Å². The van der Waals surface area contributed by atoms with Crippen LogP contribution in [0.15, 0.2) is 36.5 Å². The smallest absolute Gasteiger partial charge is 0.272 e. The number of sulfonamides is 1. The Labute approximate surface area is 233 Å². The van der Waals surface area contributed by atoms with Crippen molar-refractivity contribution in [2.24, 2.45) is 5.92 Å². The highest BCUT2D eigenvalue weighted by atomic mass is 32.2. The molecule has 2 aromatic rings. The van der Waals surface area contributed by atoms with Gasteiger partial charge in [-0.25, -0.2) is 17.1 Å². The summed E-state index contributed by atoms with van der Waals surface area (Å²) in [5.41, 5.74) is -4.69. The van der Waals surface area contributed by atoms with Crippen LogP contribution in [0.5, 0.6) is 0 Å². The molecule has 1 saturated carbocycles. The van der Waals surface area contributed by atoms with E-state index in [1.807, 2.05) is 13.8 Å². The summed E-state index contributed by atoms with van der Waals surface area (Å²) >= 11 is 0. The molecule has 0 N–H and O–H groups in total. The third kappa shape index (κ3) is 6.46. The summed E-state index contributed by atoms with van der Waals surface area (Å²) in [7, 11) is -4.83. The minimum atomic E-state index is -5.44. The molecule has 1 aromatic carbocycles. The third-order valence-electron chi connectivity index (χ3n) is 7.14. The zero-order chi connectivity index (χ0) is 30.4. The molecule has 1 atom stereocenters. The normalized spacial score (nSPS) is 20.6. The predicted molar refractivity (Wildman–Crippen MR) is 136 cm³/mol. The topological polar surface area (TPSA) is 72.3 Å². The fourth-order valence-electron chi connectivity index (χ4n) is 5.10. The largest absolute Gasteiger partial charge is 0.417 e. The average Bonchev–Trinajstić information content (AvgIpc) is 3.60. The molecule has 0 bridgehead atoms. The van der Waals surface area contributed by atoms with E-state index >= 15 is 17.6 Å². The van der Waals surface area contributed by atoms with Gasteiger partial charge in [-0.2, -0.15) is 31.4 Å². The van der Waals surface area contributed by atoms with E-state index in [0.29, 0.717) is 6.54 Å². The first-order valence-electron chi connectivity index (χ1n) is 13.2. The Morgan fingerprint density at radius 3 is 2.32 bits per heavy atom. The summed E-state index contributed by atoms with van der Waals surface area (Å²) in [6.07, 6.45) is -9.78. The number of carbonyl (C=O) groups excluding carboxylic acids is 1. The molecule has 2 heterocycles. The number of carbonyl (C=O) groups is 1. The van der Waals surface area contributed by atoms with Gasteiger partial charge in [-0.15, -0.1) is 0 Å². The highest BCUT2D eigenvalue weighted by Gasteiger charge is 2.68. The fraction of sp³-hybridized carbons (Fsp3) is 0.556. The van der Waals surface area contributed by atoms with Crippen molar-refractivity contribution in [2.75, 3.05) is 0 Å². The molecular formula is C27H30F7N3O3S. The molecule has 1 aliphatic heterocycles. The lowest BCUT2D eigenvalue weighted by molar-refractivity contribution is -0.222. The molecule has 1 unspecified atom stereocenters. The van der Waals surface area contributed by atoms with Gasteiger partial charge < -0.3 is 0 Å². The number of halogens is 7. The van der Waals surface area contributed by atoms with Crippen LogP contribution in [-0.2, 0) is 33.3 Å². The van der Waals surface area contributed by atoms with Crippen LogP contribution >= 0.6 is 0 Å². The zero-order valence-electron chi connectivity index (χ0n) is 22.4. The van der Waals surface area contributed by atoms with Gasteiger partial charge in [0.05, 0.1) is 10.9 Å². The van der Waals surface area contributed by atoms with E-state index in [0.717, 1.165) is 24.3 Å². The molecule has 6 nitrogen and oxygen atoms in total. The van der Waals surface area contributed by atoms with Crippen molar-refractivity contribution in [2.45, 2.75) is 88.5 Å². The van der Waals surface area contributed by atoms with Crippen molar-refractivity contribution in [3.63, 3.8) is 0 Å². The quantitative estimate of drug-likeness (QED) is 0.227. The lowest BCUT2D eigenvalue weighted by atomic mass is 9.79. The summed E-state index contributed by atoms with van der Waals surface area (Å²) in [6.45, 7) is 4.25. The maximum absolute atomic E-state index is 15.6. The van der Waals surface area contributed by atoms with Crippen LogP contribution in [0, 0.1) is 11.7 Å². The molecule has 2 aliphatic rings. The molecule has 1 fully saturated rings. The van der Waals surface area contributed by atoms with Gasteiger partial charge in [-0.05, 0) is 61.3 Å². The van der Waals surface area contributed by atoms with E-state index in [-0.39, 0.29) is 59.2 Å². The van der Waals surface area contributed by atoms with Crippen molar-refractivity contribution in [1.29, 1.82) is 0 Å². The number of hydrogen-bond acceptors (Lipinski definition) is 4. The highest BCUT2D eigenvalue weighted by Crippen LogP contribution is 2.55. The van der Waals surface area contributed by atoms with E-state index in [2.05, 4.69) is 5.10 Å². The van der Waals surface area contributed by atoms with E-state index < -0.39 is 63.3 Å². The van der Waals surface area contributed by atoms with E-state index in [1.165, 1.54) is 16.9 Å². The molecule has 0 radical (unpaired) electrons. The van der Waals surface area contributed by atoms with Crippen LogP contribution in [0.2, 0.25) is 0 Å². The number of amides is 1. The number of aryl methyl sites for hydroxylation is 1. The van der Waals surface area contributed by atoms with E-state index in [4.69, 9.17) is 0 Å². The van der Waals surface area contributed by atoms with Crippen LogP contribution < -0.4 is 0 Å². The van der Waals surface area contributed by atoms with Crippen LogP contribution in [0.3, 0.4) is 0 Å². The molecule has 0 saturated heterocycles. The summed E-state index contributed by atoms with van der Waals surface area (Å²) < 4.78 is 127. The Balaban J connectivity index is 1.80. The molecular weight excluding hydrogens is 579 g/mol. The van der Waals surface area contributed by atoms with Crippen molar-refractivity contribution >= 4 is 21.5 Å². The van der Waals surface area contributed by atoms with Crippen LogP contribution in [0.4, 0.5) is 30.7 Å². The monoisotopic (exact) mass is 609 g/mol. The second-order valence-electron chi connectivity index (χ2n) is 11.0. The number of rotatable bonds is 10. The van der Waals surface area contributed by atoms with Gasteiger partial charge in [0.15, 0.2) is 5.54 Å². The van der Waals surface area contributed by atoms with Crippen molar-refractivity contribution < 1.29 is 43.9 Å². The highest BCUT2D eigenvalue weighted by molar-refractivity contribution is 7.90. The predicted octanol–water partition coefficient (Wildman–Crippen LogP) is 6.52. The average molecular weight is 610 g/mol. The number of unbranched alkanes of at least 4 members (excludes halogenated alkanes) is 1. The van der Waals surface area contributed by atoms with Crippen molar-refractivity contribution in [1.82, 2.24) is 14.1 Å². The first-order valence-corrected chi connectivity index (χ1v) is 14.7. The van der Waals surface area contributed by atoms with Crippen molar-refractivity contribution in [3.8, 4) is 0 Å². The Hall–Kier alpha value is -2.90. The summed E-state index contributed by atoms with van der Waals surface area (Å²) in [4.78, 5) is 13.3. The van der Waals surface area contributed by atoms with Gasteiger partial charge >= 0.3 is 12.4 Å². The minimum Gasteiger partial charge on any atom is -0.272 e. The molecule has 41 heavy (non-hydrogen) atoms. The lowest BCUT2D eigenvalue weighted by Gasteiger charge is -2.46. The van der Waals surface area contributed by atoms with Crippen LogP contribution in [0.1, 0.15) is 69.2 Å². The Morgan fingerprint density at radius 1 is 1.07 bits per heavy atom. The lowest BCUT2D eigenvalue weighted by Crippen LogP contribution is -2.62. The Morgan fingerprint density at radius 2 is 1.76 bits per heavy atom. The van der Waals surface area contributed by atoms with Gasteiger partial charge in [-0.3, -0.25) is 9.48 Å². The standard InChI is InChI=1S/C27H30F7N3O3S/c1-17(2)16-36-12-10-23(35-36)19-14-24(38)37(41(39,40)20-7-8-20)25(15-19,27(32,33)34)21-9-6-18(13-22(21)28)5-3-4-11-26(29,30)31/h6,9-10,12-14,17,20H,3-5,7-8,11,15-16H2,1-2H3. The van der Waals surface area contributed by atoms with Gasteiger partial charge in [0.1, 0.15) is 5.82 Å². The summed E-state index contributed by atoms with van der Waals surface area (Å²) in [5, 5.41) is 3.06. The van der Waals surface area contributed by atoms with Gasteiger partial charge in [0, 0.05) is 37.2 Å². The van der Waals surface area contributed by atoms with Crippen molar-refractivity contribution in [3.05, 3.63) is 59.2 Å². The molecule has 14 heteroatoms. The number of benzene rings is 1. The zero-order valence-corrected chi connectivity index (χ0v) is 23.2. The molecule has 226 valence electrons. The molecule has 4 rings (SSSR count). The molecule has 1 aromatic heterocycles. The second-order valence-corrected chi connectivity index (χ2v) is 13.1. The Kier molecular flexibility index (Phi) is 8.38. The second kappa shape index (κ2) is 11.1. The molecule has 1 aliphatic carbocycles. The van der Waals surface area contributed by atoms with Crippen LogP contribution in [-0.4, -0.2) is 46.0 Å². The minimum absolute atomic E-state index is 0.00923. The SMILES string of the molecule is CC(C)Cn1ccc(C2=CC(=O)N(S(=O)(=O)C3CC3)C(c3ccc(CCCCC(F)(F)F)cc3F)(C(F)(F)F)C2)n1. The Bertz CT molecular complexity index is 1430. The number of aromatic nitrogens is 2. The first-order chi connectivity index (χ1) is 19.0. The summed E-state index contributed by atoms with van der Waals surface area (Å²) in [6, 6.07) is 4.08. The number of alkyl halides is 6. The summed E-state index contributed by atoms with van der Waals surface area (Å²) in [5.74, 6) is -2.71. The van der Waals surface area contributed by atoms with Gasteiger partial charge in [0.25, 0.3) is 5.91 Å². The van der Waals surface area contributed by atoms with Gasteiger partial charge in [-0.1, -0.05) is 26.0 Å². The van der Waals surface area contributed by atoms with E-state index in [9.17, 15) is 26.4 Å². The maximum Gasteiger partial charge on any atom is 0.417 e. The molecule has 1 amide bonds. The first kappa shape index (κ1) is 31.0. The molecule has 0 spiro atoms. The van der Waals surface area contributed by atoms with E-state index in [1.54, 1.807) is 0 Å². The third-order valence-corrected chi connectivity index (χ3v) is 9.45.